The maximum Gasteiger partial charge on any atom is 0.331 e. The van der Waals surface area contributed by atoms with Crippen LogP contribution in [0.4, 0.5) is 5.13 Å². The summed E-state index contributed by atoms with van der Waals surface area (Å²) < 4.78 is 9.83. The fourth-order valence-electron chi connectivity index (χ4n) is 2.59. The first-order chi connectivity index (χ1) is 9.08. The molecule has 0 aromatic carbocycles. The monoisotopic (exact) mass is 279 g/mol. The number of aromatic nitrogens is 2. The van der Waals surface area contributed by atoms with Crippen LogP contribution in [-0.4, -0.2) is 28.6 Å². The topological polar surface area (TPSA) is 38.2 Å². The molecule has 0 bridgehead atoms. The molecular formula is C14H21N3OS. The van der Waals surface area contributed by atoms with Gasteiger partial charge in [0, 0.05) is 24.6 Å². The van der Waals surface area contributed by atoms with E-state index < -0.39 is 0 Å². The normalized spacial score (nSPS) is 24.5. The highest BCUT2D eigenvalue weighted by atomic mass is 32.1. The van der Waals surface area contributed by atoms with E-state index in [-0.39, 0.29) is 6.10 Å². The van der Waals surface area contributed by atoms with Crippen molar-refractivity contribution in [3.63, 3.8) is 0 Å². The molecule has 19 heavy (non-hydrogen) atoms. The average molecular weight is 279 g/mol. The Balaban J connectivity index is 2.01. The number of ether oxygens (including phenoxy) is 1. The molecule has 1 aliphatic heterocycles. The molecule has 2 heterocycles. The predicted octanol–water partition coefficient (Wildman–Crippen LogP) is 2.81. The molecule has 1 aromatic rings. The van der Waals surface area contributed by atoms with Crippen LogP contribution in [0.1, 0.15) is 34.1 Å². The molecule has 104 valence electrons. The van der Waals surface area contributed by atoms with E-state index in [1.54, 1.807) is 6.92 Å². The van der Waals surface area contributed by atoms with E-state index in [1.807, 2.05) is 6.92 Å². The lowest BCUT2D eigenvalue weighted by Crippen LogP contribution is -2.38. The number of anilines is 1. The van der Waals surface area contributed by atoms with Gasteiger partial charge in [-0.25, -0.2) is 0 Å². The number of nitrogens with zero attached hydrogens (tertiary/aromatic N) is 3. The molecule has 3 atom stereocenters. The van der Waals surface area contributed by atoms with Crippen molar-refractivity contribution in [3.05, 3.63) is 0 Å². The van der Waals surface area contributed by atoms with E-state index in [9.17, 15) is 0 Å². The van der Waals surface area contributed by atoms with Crippen molar-refractivity contribution in [2.24, 2.45) is 11.8 Å². The second-order valence-electron chi connectivity index (χ2n) is 5.36. The van der Waals surface area contributed by atoms with Gasteiger partial charge in [-0.05, 0) is 32.1 Å². The Labute approximate surface area is 119 Å². The molecule has 0 spiro atoms. The molecule has 1 aliphatic rings. The fraction of sp³-hybridized carbons (Fsp3) is 0.714. The lowest BCUT2D eigenvalue weighted by molar-refractivity contribution is 0.259. The molecule has 2 rings (SSSR count). The Bertz CT molecular complexity index is 467. The largest absolute Gasteiger partial charge is 0.447 e. The van der Waals surface area contributed by atoms with Crippen molar-refractivity contribution in [2.45, 2.75) is 40.2 Å². The fourth-order valence-corrected chi connectivity index (χ4v) is 3.22. The van der Waals surface area contributed by atoms with Crippen LogP contribution in [0.25, 0.3) is 0 Å². The molecule has 1 fully saturated rings. The van der Waals surface area contributed by atoms with E-state index in [0.29, 0.717) is 17.8 Å². The molecule has 0 amide bonds. The molecule has 0 saturated carbocycles. The highest BCUT2D eigenvalue weighted by molar-refractivity contribution is 7.09. The van der Waals surface area contributed by atoms with E-state index in [0.717, 1.165) is 18.2 Å². The molecule has 3 unspecified atom stereocenters. The van der Waals surface area contributed by atoms with Gasteiger partial charge in [0.2, 0.25) is 5.13 Å². The molecule has 5 heteroatoms. The first-order valence-corrected chi connectivity index (χ1v) is 7.53. The van der Waals surface area contributed by atoms with Crippen LogP contribution in [0.5, 0.6) is 6.01 Å². The molecule has 1 saturated heterocycles. The second-order valence-corrected chi connectivity index (χ2v) is 6.10. The quantitative estimate of drug-likeness (QED) is 0.798. The van der Waals surface area contributed by atoms with Crippen molar-refractivity contribution in [3.8, 4) is 17.9 Å². The SMILES string of the molecule is CC#CC(C)Oc1nsc(N2CC(C)CC(C)C2)n1. The summed E-state index contributed by atoms with van der Waals surface area (Å²) in [5.41, 5.74) is 0. The van der Waals surface area contributed by atoms with E-state index in [1.165, 1.54) is 18.0 Å². The van der Waals surface area contributed by atoms with E-state index in [2.05, 4.69) is 39.9 Å². The van der Waals surface area contributed by atoms with Gasteiger partial charge >= 0.3 is 6.01 Å². The van der Waals surface area contributed by atoms with Gasteiger partial charge in [0.05, 0.1) is 0 Å². The van der Waals surface area contributed by atoms with Crippen LogP contribution in [-0.2, 0) is 0 Å². The molecule has 0 N–H and O–H groups in total. The standard InChI is InChI=1S/C14H21N3OS/c1-5-6-12(4)18-13-15-14(19-16-13)17-8-10(2)7-11(3)9-17/h10-12H,7-9H2,1-4H3. The van der Waals surface area contributed by atoms with Gasteiger partial charge in [-0.15, -0.1) is 10.3 Å². The Morgan fingerprint density at radius 1 is 1.37 bits per heavy atom. The summed E-state index contributed by atoms with van der Waals surface area (Å²) in [6.45, 7) is 10.4. The zero-order valence-electron chi connectivity index (χ0n) is 12.0. The predicted molar refractivity (Wildman–Crippen MR) is 78.6 cm³/mol. The zero-order valence-corrected chi connectivity index (χ0v) is 12.8. The third-order valence-corrected chi connectivity index (χ3v) is 3.93. The van der Waals surface area contributed by atoms with Gasteiger partial charge in [0.25, 0.3) is 0 Å². The van der Waals surface area contributed by atoms with Crippen LogP contribution >= 0.6 is 11.5 Å². The van der Waals surface area contributed by atoms with Crippen LogP contribution in [0.15, 0.2) is 0 Å². The summed E-state index contributed by atoms with van der Waals surface area (Å²) >= 11 is 1.41. The minimum Gasteiger partial charge on any atom is -0.447 e. The van der Waals surface area contributed by atoms with Gasteiger partial charge in [-0.3, -0.25) is 0 Å². The molecular weight excluding hydrogens is 258 g/mol. The highest BCUT2D eigenvalue weighted by Crippen LogP contribution is 2.28. The lowest BCUT2D eigenvalue weighted by Gasteiger charge is -2.34. The van der Waals surface area contributed by atoms with Crippen molar-refractivity contribution in [2.75, 3.05) is 18.0 Å². The van der Waals surface area contributed by atoms with Gasteiger partial charge in [0.1, 0.15) is 0 Å². The molecule has 0 radical (unpaired) electrons. The van der Waals surface area contributed by atoms with Crippen LogP contribution < -0.4 is 9.64 Å². The minimum absolute atomic E-state index is 0.161. The molecule has 4 nitrogen and oxygen atoms in total. The summed E-state index contributed by atoms with van der Waals surface area (Å²) in [7, 11) is 0. The number of rotatable bonds is 3. The second kappa shape index (κ2) is 6.25. The maximum atomic E-state index is 5.57. The summed E-state index contributed by atoms with van der Waals surface area (Å²) in [6, 6.07) is 0.445. The van der Waals surface area contributed by atoms with E-state index in [4.69, 9.17) is 4.74 Å². The van der Waals surface area contributed by atoms with Gasteiger partial charge in [-0.2, -0.15) is 4.98 Å². The first kappa shape index (κ1) is 14.1. The Morgan fingerprint density at radius 2 is 2.05 bits per heavy atom. The molecule has 0 aliphatic carbocycles. The van der Waals surface area contributed by atoms with Crippen molar-refractivity contribution >= 4 is 16.7 Å². The minimum atomic E-state index is -0.161. The summed E-state index contributed by atoms with van der Waals surface area (Å²) in [6.07, 6.45) is 1.13. The maximum absolute atomic E-state index is 5.57. The van der Waals surface area contributed by atoms with Crippen LogP contribution in [0.2, 0.25) is 0 Å². The smallest absolute Gasteiger partial charge is 0.331 e. The molecule has 1 aromatic heterocycles. The average Bonchev–Trinajstić information content (AvgIpc) is 2.76. The number of piperidine rings is 1. The number of hydrogen-bond donors (Lipinski definition) is 0. The van der Waals surface area contributed by atoms with Gasteiger partial charge < -0.3 is 9.64 Å². The first-order valence-electron chi connectivity index (χ1n) is 6.76. The third kappa shape index (κ3) is 3.84. The van der Waals surface area contributed by atoms with Crippen LogP contribution in [0.3, 0.4) is 0 Å². The van der Waals surface area contributed by atoms with Crippen LogP contribution in [0, 0.1) is 23.7 Å². The Hall–Kier alpha value is -1.28. The summed E-state index contributed by atoms with van der Waals surface area (Å²) in [5, 5.41) is 0.963. The lowest BCUT2D eigenvalue weighted by atomic mass is 9.92. The van der Waals surface area contributed by atoms with Gasteiger partial charge in [0.15, 0.2) is 6.10 Å². The highest BCUT2D eigenvalue weighted by Gasteiger charge is 2.24. The van der Waals surface area contributed by atoms with Crippen molar-refractivity contribution in [1.29, 1.82) is 0 Å². The summed E-state index contributed by atoms with van der Waals surface area (Å²) in [4.78, 5) is 6.79. The number of hydrogen-bond acceptors (Lipinski definition) is 5. The summed E-state index contributed by atoms with van der Waals surface area (Å²) in [5.74, 6) is 7.19. The third-order valence-electron chi connectivity index (χ3n) is 3.17. The van der Waals surface area contributed by atoms with Crippen molar-refractivity contribution < 1.29 is 4.74 Å². The van der Waals surface area contributed by atoms with Gasteiger partial charge in [-0.1, -0.05) is 19.8 Å². The zero-order chi connectivity index (χ0) is 13.8. The van der Waals surface area contributed by atoms with Crippen molar-refractivity contribution in [1.82, 2.24) is 9.36 Å². The Morgan fingerprint density at radius 3 is 2.68 bits per heavy atom. The van der Waals surface area contributed by atoms with E-state index >= 15 is 0 Å². The Kier molecular flexibility index (Phi) is 4.65.